The number of aromatic hydroxyl groups is 1. The van der Waals surface area contributed by atoms with Crippen molar-refractivity contribution in [3.8, 4) is 23.0 Å². The average Bonchev–Trinajstić information content (AvgIpc) is 2.83. The first-order chi connectivity index (χ1) is 10.1. The van der Waals surface area contributed by atoms with E-state index in [-0.39, 0.29) is 17.8 Å². The van der Waals surface area contributed by atoms with Crippen LogP contribution in [0.2, 0.25) is 0 Å². The topological polar surface area (TPSA) is 47.9 Å². The molecule has 21 heavy (non-hydrogen) atoms. The zero-order chi connectivity index (χ0) is 15.0. The van der Waals surface area contributed by atoms with Gasteiger partial charge in [-0.25, -0.2) is 0 Å². The van der Waals surface area contributed by atoms with Gasteiger partial charge in [-0.15, -0.1) is 0 Å². The molecule has 1 N–H and O–H groups in total. The van der Waals surface area contributed by atoms with E-state index >= 15 is 0 Å². The fraction of sp³-hybridized carbons (Fsp3) is 0.294. The lowest BCUT2D eigenvalue weighted by Crippen LogP contribution is -2.07. The van der Waals surface area contributed by atoms with Gasteiger partial charge in [-0.2, -0.15) is 0 Å². The molecule has 0 saturated carbocycles. The summed E-state index contributed by atoms with van der Waals surface area (Å²) in [6.45, 7) is 2.09. The van der Waals surface area contributed by atoms with Gasteiger partial charge in [-0.3, -0.25) is 0 Å². The highest BCUT2D eigenvalue weighted by molar-refractivity contribution is 5.49. The molecule has 1 heterocycles. The first-order valence-electron chi connectivity index (χ1n) is 6.85. The van der Waals surface area contributed by atoms with Gasteiger partial charge in [0, 0.05) is 11.5 Å². The minimum Gasteiger partial charge on any atom is -0.508 e. The van der Waals surface area contributed by atoms with Gasteiger partial charge < -0.3 is 19.3 Å². The number of benzene rings is 2. The molecular weight excluding hydrogens is 268 g/mol. The molecule has 0 aliphatic carbocycles. The molecule has 4 nitrogen and oxygen atoms in total. The molecule has 2 atom stereocenters. The number of phenolic OH excluding ortho intramolecular Hbond substituents is 1. The van der Waals surface area contributed by atoms with Crippen LogP contribution in [-0.4, -0.2) is 19.3 Å². The van der Waals surface area contributed by atoms with Crippen molar-refractivity contribution in [1.82, 2.24) is 0 Å². The quantitative estimate of drug-likeness (QED) is 0.935. The number of hydrogen-bond donors (Lipinski definition) is 1. The normalized spacial score (nSPS) is 19.8. The second-order valence-electron chi connectivity index (χ2n) is 5.16. The molecule has 0 radical (unpaired) electrons. The standard InChI is InChI=1S/C17H18O4/c1-10-13-9-12(18)5-7-14(13)21-17(10)11-4-6-15(19-2)16(8-11)20-3/h4-10,17-18H,1-3H3/t10-,17-/m1/s1. The summed E-state index contributed by atoms with van der Waals surface area (Å²) in [5.41, 5.74) is 2.05. The summed E-state index contributed by atoms with van der Waals surface area (Å²) >= 11 is 0. The monoisotopic (exact) mass is 286 g/mol. The molecule has 0 fully saturated rings. The molecule has 0 spiro atoms. The highest BCUT2D eigenvalue weighted by Crippen LogP contribution is 2.47. The van der Waals surface area contributed by atoms with E-state index in [1.165, 1.54) is 0 Å². The number of methoxy groups -OCH3 is 2. The second kappa shape index (κ2) is 5.20. The maximum atomic E-state index is 9.63. The van der Waals surface area contributed by atoms with E-state index < -0.39 is 0 Å². The highest BCUT2D eigenvalue weighted by Gasteiger charge is 2.33. The summed E-state index contributed by atoms with van der Waals surface area (Å²) in [5.74, 6) is 2.62. The van der Waals surface area contributed by atoms with Crippen molar-refractivity contribution < 1.29 is 19.3 Å². The number of phenols is 1. The Balaban J connectivity index is 1.96. The lowest BCUT2D eigenvalue weighted by molar-refractivity contribution is 0.215. The zero-order valence-corrected chi connectivity index (χ0v) is 12.3. The first kappa shape index (κ1) is 13.6. The molecule has 0 bridgehead atoms. The minimum atomic E-state index is -0.0957. The van der Waals surface area contributed by atoms with E-state index in [1.54, 1.807) is 26.4 Å². The van der Waals surface area contributed by atoms with E-state index in [0.717, 1.165) is 16.9 Å². The smallest absolute Gasteiger partial charge is 0.161 e. The van der Waals surface area contributed by atoms with Crippen molar-refractivity contribution in [3.63, 3.8) is 0 Å². The van der Waals surface area contributed by atoms with Crippen molar-refractivity contribution in [2.24, 2.45) is 0 Å². The third-order valence-electron chi connectivity index (χ3n) is 3.93. The van der Waals surface area contributed by atoms with Crippen LogP contribution in [0.5, 0.6) is 23.0 Å². The molecule has 1 aliphatic heterocycles. The van der Waals surface area contributed by atoms with Crippen molar-refractivity contribution in [2.75, 3.05) is 14.2 Å². The molecule has 110 valence electrons. The van der Waals surface area contributed by atoms with Crippen LogP contribution < -0.4 is 14.2 Å². The van der Waals surface area contributed by atoms with Gasteiger partial charge in [0.1, 0.15) is 17.6 Å². The van der Waals surface area contributed by atoms with Crippen LogP contribution in [0.15, 0.2) is 36.4 Å². The Morgan fingerprint density at radius 1 is 1.00 bits per heavy atom. The van der Waals surface area contributed by atoms with Crippen molar-refractivity contribution in [3.05, 3.63) is 47.5 Å². The lowest BCUT2D eigenvalue weighted by atomic mass is 9.92. The average molecular weight is 286 g/mol. The lowest BCUT2D eigenvalue weighted by Gasteiger charge is -2.17. The second-order valence-corrected chi connectivity index (χ2v) is 5.16. The van der Waals surface area contributed by atoms with Crippen LogP contribution >= 0.6 is 0 Å². The van der Waals surface area contributed by atoms with Crippen LogP contribution in [0.1, 0.15) is 30.1 Å². The third kappa shape index (κ3) is 2.27. The molecule has 0 amide bonds. The van der Waals surface area contributed by atoms with Crippen LogP contribution in [-0.2, 0) is 0 Å². The Hall–Kier alpha value is -2.36. The number of ether oxygens (including phenoxy) is 3. The van der Waals surface area contributed by atoms with Gasteiger partial charge in [-0.05, 0) is 35.9 Å². The van der Waals surface area contributed by atoms with E-state index in [4.69, 9.17) is 14.2 Å². The largest absolute Gasteiger partial charge is 0.508 e. The van der Waals surface area contributed by atoms with Crippen molar-refractivity contribution >= 4 is 0 Å². The number of fused-ring (bicyclic) bond motifs is 1. The van der Waals surface area contributed by atoms with Crippen LogP contribution in [0.4, 0.5) is 0 Å². The summed E-state index contributed by atoms with van der Waals surface area (Å²) in [6.07, 6.45) is -0.0957. The van der Waals surface area contributed by atoms with Crippen LogP contribution in [0.25, 0.3) is 0 Å². The van der Waals surface area contributed by atoms with Gasteiger partial charge in [0.2, 0.25) is 0 Å². The number of hydrogen-bond acceptors (Lipinski definition) is 4. The van der Waals surface area contributed by atoms with Crippen LogP contribution in [0.3, 0.4) is 0 Å². The fourth-order valence-corrected chi connectivity index (χ4v) is 2.79. The summed E-state index contributed by atoms with van der Waals surface area (Å²) in [4.78, 5) is 0. The van der Waals surface area contributed by atoms with Gasteiger partial charge in [-0.1, -0.05) is 13.0 Å². The maximum Gasteiger partial charge on any atom is 0.161 e. The van der Waals surface area contributed by atoms with E-state index in [1.807, 2.05) is 24.3 Å². The van der Waals surface area contributed by atoms with Crippen molar-refractivity contribution in [2.45, 2.75) is 18.9 Å². The molecule has 1 aliphatic rings. The first-order valence-corrected chi connectivity index (χ1v) is 6.85. The van der Waals surface area contributed by atoms with Gasteiger partial charge in [0.25, 0.3) is 0 Å². The molecular formula is C17H18O4. The Labute approximate surface area is 123 Å². The maximum absolute atomic E-state index is 9.63. The molecule has 4 heteroatoms. The minimum absolute atomic E-state index is 0.0957. The van der Waals surface area contributed by atoms with E-state index in [0.29, 0.717) is 11.5 Å². The molecule has 0 unspecified atom stereocenters. The predicted octanol–water partition coefficient (Wildman–Crippen LogP) is 3.65. The summed E-state index contributed by atoms with van der Waals surface area (Å²) in [6, 6.07) is 11.0. The van der Waals surface area contributed by atoms with E-state index in [9.17, 15) is 5.11 Å². The molecule has 0 aromatic heterocycles. The summed E-state index contributed by atoms with van der Waals surface area (Å²) in [7, 11) is 3.23. The van der Waals surface area contributed by atoms with Gasteiger partial charge in [0.05, 0.1) is 14.2 Å². The fourth-order valence-electron chi connectivity index (χ4n) is 2.79. The highest BCUT2D eigenvalue weighted by atomic mass is 16.5. The Kier molecular flexibility index (Phi) is 3.37. The summed E-state index contributed by atoms with van der Waals surface area (Å²) < 4.78 is 16.6. The molecule has 2 aromatic carbocycles. The molecule has 3 rings (SSSR count). The third-order valence-corrected chi connectivity index (χ3v) is 3.93. The SMILES string of the molecule is COc1ccc([C@@H]2Oc3ccc(O)cc3[C@H]2C)cc1OC. The number of rotatable bonds is 3. The Bertz CT molecular complexity index is 666. The Morgan fingerprint density at radius 2 is 1.76 bits per heavy atom. The van der Waals surface area contributed by atoms with Gasteiger partial charge >= 0.3 is 0 Å². The summed E-state index contributed by atoms with van der Waals surface area (Å²) in [5, 5.41) is 9.63. The molecule has 0 saturated heterocycles. The molecule has 2 aromatic rings. The van der Waals surface area contributed by atoms with Crippen molar-refractivity contribution in [1.29, 1.82) is 0 Å². The zero-order valence-electron chi connectivity index (χ0n) is 12.3. The predicted molar refractivity (Wildman–Crippen MR) is 79.4 cm³/mol. The van der Waals surface area contributed by atoms with Gasteiger partial charge in [0.15, 0.2) is 11.5 Å². The van der Waals surface area contributed by atoms with Crippen LogP contribution in [0, 0.1) is 0 Å². The Morgan fingerprint density at radius 3 is 2.48 bits per heavy atom. The van der Waals surface area contributed by atoms with E-state index in [2.05, 4.69) is 6.92 Å².